The fraction of sp³-hybridized carbons (Fsp3) is 0.167. The van der Waals surface area contributed by atoms with Crippen molar-refractivity contribution in [2.24, 2.45) is 0 Å². The molecule has 3 nitrogen and oxygen atoms in total. The van der Waals surface area contributed by atoms with Crippen LogP contribution in [0, 0.1) is 0 Å². The number of nitrogens with one attached hydrogen (secondary N) is 1. The highest BCUT2D eigenvalue weighted by Crippen LogP contribution is 2.28. The van der Waals surface area contributed by atoms with Crippen LogP contribution in [0.3, 0.4) is 0 Å². The van der Waals surface area contributed by atoms with Gasteiger partial charge in [-0.05, 0) is 28.1 Å². The van der Waals surface area contributed by atoms with Crippen molar-refractivity contribution in [3.05, 3.63) is 41.2 Å². The number of halogens is 2. The second-order valence-electron chi connectivity index (χ2n) is 3.36. The monoisotopic (exact) mass is 311 g/mol. The van der Waals surface area contributed by atoms with Crippen LogP contribution in [0.15, 0.2) is 41.2 Å². The van der Waals surface area contributed by atoms with Crippen LogP contribution in [0.1, 0.15) is 0 Å². The summed E-state index contributed by atoms with van der Waals surface area (Å²) in [6, 6.07) is 3.93. The molecule has 1 aromatic heterocycles. The lowest BCUT2D eigenvalue weighted by Crippen LogP contribution is -1.99. The van der Waals surface area contributed by atoms with Crippen molar-refractivity contribution in [2.45, 2.75) is 0 Å². The fourth-order valence-corrected chi connectivity index (χ4v) is 2.16. The topological polar surface area (TPSA) is 37.8 Å². The van der Waals surface area contributed by atoms with Crippen LogP contribution in [-0.2, 0) is 0 Å². The molecule has 88 valence electrons. The molecule has 0 fully saturated rings. The van der Waals surface area contributed by atoms with Crippen LogP contribution in [0.4, 0.5) is 5.69 Å². The predicted molar refractivity (Wildman–Crippen MR) is 75.6 cm³/mol. The Morgan fingerprint density at radius 1 is 1.24 bits per heavy atom. The second-order valence-corrected chi connectivity index (χ2v) is 4.46. The molecule has 2 rings (SSSR count). The molecule has 0 radical (unpaired) electrons. The average Bonchev–Trinajstić information content (AvgIpc) is 2.37. The molecule has 5 heteroatoms. The Balaban J connectivity index is 2.23. The molecule has 0 saturated carbocycles. The minimum atomic E-state index is 0.534. The zero-order valence-electron chi connectivity index (χ0n) is 9.03. The second kappa shape index (κ2) is 5.98. The van der Waals surface area contributed by atoms with Crippen molar-refractivity contribution in [2.75, 3.05) is 17.7 Å². The maximum absolute atomic E-state index is 5.55. The number of benzene rings is 1. The van der Waals surface area contributed by atoms with Crippen molar-refractivity contribution in [3.8, 4) is 0 Å². The summed E-state index contributed by atoms with van der Waals surface area (Å²) in [4.78, 5) is 8.54. The van der Waals surface area contributed by atoms with Gasteiger partial charge in [-0.2, -0.15) is 0 Å². The Morgan fingerprint density at radius 3 is 2.88 bits per heavy atom. The van der Waals surface area contributed by atoms with Crippen molar-refractivity contribution < 1.29 is 0 Å². The van der Waals surface area contributed by atoms with Crippen LogP contribution < -0.4 is 5.32 Å². The van der Waals surface area contributed by atoms with Gasteiger partial charge >= 0.3 is 0 Å². The van der Waals surface area contributed by atoms with E-state index < -0.39 is 0 Å². The summed E-state index contributed by atoms with van der Waals surface area (Å²) in [5.41, 5.74) is 2.73. The van der Waals surface area contributed by atoms with Crippen LogP contribution in [0.5, 0.6) is 0 Å². The lowest BCUT2D eigenvalue weighted by molar-refractivity contribution is 1.27. The highest BCUT2D eigenvalue weighted by Gasteiger charge is 2.05. The van der Waals surface area contributed by atoms with Gasteiger partial charge in [-0.3, -0.25) is 9.97 Å². The molecule has 0 bridgehead atoms. The molecule has 0 atom stereocenters. The van der Waals surface area contributed by atoms with E-state index in [0.717, 1.165) is 27.7 Å². The van der Waals surface area contributed by atoms with Gasteiger partial charge in [0.1, 0.15) is 5.52 Å². The molecule has 0 saturated heterocycles. The van der Waals surface area contributed by atoms with Gasteiger partial charge in [0.25, 0.3) is 0 Å². The Hall–Kier alpha value is -1.13. The molecule has 0 amide bonds. The first-order chi connectivity index (χ1) is 8.33. The molecular formula is C12H11BrClN3. The normalized spacial score (nSPS) is 11.2. The Bertz CT molecular complexity index is 542. The molecule has 1 heterocycles. The molecule has 17 heavy (non-hydrogen) atoms. The molecule has 0 aliphatic heterocycles. The highest BCUT2D eigenvalue weighted by atomic mass is 79.9. The molecule has 2 aromatic rings. The van der Waals surface area contributed by atoms with Crippen LogP contribution in [-0.4, -0.2) is 22.4 Å². The van der Waals surface area contributed by atoms with Crippen molar-refractivity contribution >= 4 is 44.3 Å². The summed E-state index contributed by atoms with van der Waals surface area (Å²) in [7, 11) is 0. The minimum absolute atomic E-state index is 0.534. The number of hydrogen-bond acceptors (Lipinski definition) is 3. The highest BCUT2D eigenvalue weighted by molar-refractivity contribution is 9.10. The van der Waals surface area contributed by atoms with Crippen molar-refractivity contribution in [1.29, 1.82) is 0 Å². The van der Waals surface area contributed by atoms with Crippen LogP contribution in [0.25, 0.3) is 11.0 Å². The number of alkyl halides is 1. The summed E-state index contributed by atoms with van der Waals surface area (Å²) in [6.45, 7) is 0.733. The zero-order valence-corrected chi connectivity index (χ0v) is 11.4. The van der Waals surface area contributed by atoms with E-state index in [1.807, 2.05) is 24.3 Å². The molecule has 0 spiro atoms. The maximum Gasteiger partial charge on any atom is 0.105 e. The minimum Gasteiger partial charge on any atom is -0.381 e. The third kappa shape index (κ3) is 2.96. The van der Waals surface area contributed by atoms with Gasteiger partial charge in [0, 0.05) is 24.8 Å². The van der Waals surface area contributed by atoms with Crippen molar-refractivity contribution in [3.63, 3.8) is 0 Å². The zero-order chi connectivity index (χ0) is 12.1. The van der Waals surface area contributed by atoms with E-state index in [2.05, 4.69) is 31.2 Å². The van der Waals surface area contributed by atoms with E-state index in [1.165, 1.54) is 0 Å². The van der Waals surface area contributed by atoms with Crippen molar-refractivity contribution in [1.82, 2.24) is 9.97 Å². The van der Waals surface area contributed by atoms with Gasteiger partial charge in [0.05, 0.1) is 15.7 Å². The SMILES string of the molecule is ClC/C=C/CNc1ccc2nccnc2c1Br. The van der Waals surface area contributed by atoms with Gasteiger partial charge in [-0.25, -0.2) is 0 Å². The average molecular weight is 313 g/mol. The Kier molecular flexibility index (Phi) is 4.34. The number of fused-ring (bicyclic) bond motifs is 1. The Labute approximate surface area is 113 Å². The van der Waals surface area contributed by atoms with E-state index in [-0.39, 0.29) is 0 Å². The van der Waals surface area contributed by atoms with Gasteiger partial charge < -0.3 is 5.32 Å². The molecule has 1 N–H and O–H groups in total. The lowest BCUT2D eigenvalue weighted by atomic mass is 10.2. The number of hydrogen-bond donors (Lipinski definition) is 1. The quantitative estimate of drug-likeness (QED) is 0.692. The first-order valence-electron chi connectivity index (χ1n) is 5.17. The molecular weight excluding hydrogens is 302 g/mol. The van der Waals surface area contributed by atoms with Gasteiger partial charge in [0.2, 0.25) is 0 Å². The molecule has 0 unspecified atom stereocenters. The number of anilines is 1. The van der Waals surface area contributed by atoms with E-state index in [9.17, 15) is 0 Å². The fourth-order valence-electron chi connectivity index (χ4n) is 1.45. The third-order valence-electron chi connectivity index (χ3n) is 2.24. The predicted octanol–water partition coefficient (Wildman–Crippen LogP) is 3.60. The third-order valence-corrected chi connectivity index (χ3v) is 3.23. The van der Waals surface area contributed by atoms with Gasteiger partial charge in [0.15, 0.2) is 0 Å². The standard InChI is InChI=1S/C12H11BrClN3/c13-11-9(15-6-2-1-5-14)3-4-10-12(11)17-8-7-16-10/h1-4,7-8,15H,5-6H2/b2-1+. The molecule has 1 aromatic carbocycles. The number of rotatable bonds is 4. The summed E-state index contributed by atoms with van der Waals surface area (Å²) in [5, 5.41) is 3.28. The summed E-state index contributed by atoms with van der Waals surface area (Å²) in [5.74, 6) is 0.534. The van der Waals surface area contributed by atoms with E-state index in [1.54, 1.807) is 12.4 Å². The first kappa shape index (κ1) is 12.3. The Morgan fingerprint density at radius 2 is 2.06 bits per heavy atom. The van der Waals surface area contributed by atoms with Gasteiger partial charge in [-0.15, -0.1) is 11.6 Å². The summed E-state index contributed by atoms with van der Waals surface area (Å²) in [6.07, 6.45) is 7.26. The van der Waals surface area contributed by atoms with E-state index in [4.69, 9.17) is 11.6 Å². The first-order valence-corrected chi connectivity index (χ1v) is 6.49. The summed E-state index contributed by atoms with van der Waals surface area (Å²) < 4.78 is 0.933. The van der Waals surface area contributed by atoms with Crippen LogP contribution in [0.2, 0.25) is 0 Å². The smallest absolute Gasteiger partial charge is 0.105 e. The van der Waals surface area contributed by atoms with E-state index >= 15 is 0 Å². The lowest BCUT2D eigenvalue weighted by Gasteiger charge is -2.07. The molecule has 0 aliphatic rings. The van der Waals surface area contributed by atoms with Gasteiger partial charge in [-0.1, -0.05) is 12.2 Å². The molecule has 0 aliphatic carbocycles. The maximum atomic E-state index is 5.55. The largest absolute Gasteiger partial charge is 0.381 e. The number of nitrogens with zero attached hydrogens (tertiary/aromatic N) is 2. The number of aromatic nitrogens is 2. The summed E-state index contributed by atoms with van der Waals surface area (Å²) >= 11 is 9.09. The number of allylic oxidation sites excluding steroid dienone is 1. The van der Waals surface area contributed by atoms with E-state index in [0.29, 0.717) is 5.88 Å². The van der Waals surface area contributed by atoms with Crippen LogP contribution >= 0.6 is 27.5 Å².